The number of carbonyl (C=O) groups is 3. The van der Waals surface area contributed by atoms with Crippen LogP contribution in [0, 0.1) is 0 Å². The van der Waals surface area contributed by atoms with Crippen LogP contribution in [-0.2, 0) is 14.4 Å². The summed E-state index contributed by atoms with van der Waals surface area (Å²) in [5.41, 5.74) is 0. The van der Waals surface area contributed by atoms with E-state index in [0.717, 1.165) is 4.90 Å². The molecule has 1 aliphatic rings. The van der Waals surface area contributed by atoms with Gasteiger partial charge >= 0.3 is 0 Å². The lowest BCUT2D eigenvalue weighted by Crippen LogP contribution is -2.38. The predicted molar refractivity (Wildman–Crippen MR) is 49.2 cm³/mol. The van der Waals surface area contributed by atoms with Crippen LogP contribution in [0.15, 0.2) is 12.2 Å². The van der Waals surface area contributed by atoms with Crippen molar-refractivity contribution in [3.05, 3.63) is 12.2 Å². The zero-order valence-electron chi connectivity index (χ0n) is 8.19. The quantitative estimate of drug-likeness (QED) is 0.566. The van der Waals surface area contributed by atoms with Crippen LogP contribution in [0.25, 0.3) is 0 Å². The summed E-state index contributed by atoms with van der Waals surface area (Å²) < 4.78 is 0. The van der Waals surface area contributed by atoms with E-state index < -0.39 is 0 Å². The van der Waals surface area contributed by atoms with E-state index in [1.165, 1.54) is 24.0 Å². The first-order valence-corrected chi connectivity index (χ1v) is 4.27. The van der Waals surface area contributed by atoms with Gasteiger partial charge in [0.1, 0.15) is 0 Å². The third kappa shape index (κ3) is 2.18. The highest BCUT2D eigenvalue weighted by Gasteiger charge is 2.23. The van der Waals surface area contributed by atoms with Crippen LogP contribution in [0.5, 0.6) is 0 Å². The summed E-state index contributed by atoms with van der Waals surface area (Å²) in [6.07, 6.45) is 2.46. The smallest absolute Gasteiger partial charge is 0.253 e. The number of imide groups is 1. The van der Waals surface area contributed by atoms with E-state index in [-0.39, 0.29) is 24.3 Å². The van der Waals surface area contributed by atoms with Crippen molar-refractivity contribution in [2.75, 3.05) is 20.1 Å². The van der Waals surface area contributed by atoms with Crippen molar-refractivity contribution in [3.8, 4) is 0 Å². The fraction of sp³-hybridized carbons (Fsp3) is 0.444. The molecule has 0 aliphatic carbocycles. The molecular weight excluding hydrogens is 184 g/mol. The number of amides is 3. The fourth-order valence-corrected chi connectivity index (χ4v) is 1.06. The van der Waals surface area contributed by atoms with Crippen molar-refractivity contribution in [1.29, 1.82) is 0 Å². The van der Waals surface area contributed by atoms with Gasteiger partial charge in [-0.2, -0.15) is 0 Å². The zero-order chi connectivity index (χ0) is 10.7. The number of likely N-dealkylation sites (N-methyl/N-ethyl adjacent to an activating group) is 1. The van der Waals surface area contributed by atoms with Gasteiger partial charge in [-0.3, -0.25) is 19.3 Å². The third-order valence-corrected chi connectivity index (χ3v) is 2.10. The molecule has 1 aliphatic heterocycles. The van der Waals surface area contributed by atoms with Gasteiger partial charge in [-0.1, -0.05) is 0 Å². The second kappa shape index (κ2) is 4.04. The zero-order valence-corrected chi connectivity index (χ0v) is 8.19. The van der Waals surface area contributed by atoms with Gasteiger partial charge in [0.2, 0.25) is 5.91 Å². The highest BCUT2D eigenvalue weighted by atomic mass is 16.2. The molecule has 3 amide bonds. The summed E-state index contributed by atoms with van der Waals surface area (Å²) in [6, 6.07) is 0. The Labute approximate surface area is 82.0 Å². The monoisotopic (exact) mass is 196 g/mol. The van der Waals surface area contributed by atoms with Crippen LogP contribution >= 0.6 is 0 Å². The van der Waals surface area contributed by atoms with Crippen molar-refractivity contribution in [1.82, 2.24) is 9.80 Å². The van der Waals surface area contributed by atoms with Gasteiger partial charge in [-0.15, -0.1) is 0 Å². The predicted octanol–water partition coefficient (Wildman–Crippen LogP) is -0.610. The summed E-state index contributed by atoms with van der Waals surface area (Å²) in [5.74, 6) is -0.712. The molecule has 0 aromatic rings. The lowest BCUT2D eigenvalue weighted by Gasteiger charge is -2.19. The average molecular weight is 196 g/mol. The van der Waals surface area contributed by atoms with Gasteiger partial charge in [-0.05, 0) is 0 Å². The molecule has 0 saturated carbocycles. The molecule has 76 valence electrons. The molecule has 0 spiro atoms. The van der Waals surface area contributed by atoms with Crippen molar-refractivity contribution < 1.29 is 14.4 Å². The number of rotatable bonds is 3. The van der Waals surface area contributed by atoms with Crippen molar-refractivity contribution in [3.63, 3.8) is 0 Å². The first-order valence-electron chi connectivity index (χ1n) is 4.27. The molecule has 1 heterocycles. The number of nitrogens with zero attached hydrogens (tertiary/aromatic N) is 2. The molecule has 0 fully saturated rings. The summed E-state index contributed by atoms with van der Waals surface area (Å²) in [4.78, 5) is 35.6. The first-order chi connectivity index (χ1) is 6.52. The van der Waals surface area contributed by atoms with E-state index in [1.807, 2.05) is 0 Å². The van der Waals surface area contributed by atoms with E-state index >= 15 is 0 Å². The Balaban J connectivity index is 2.43. The number of carbonyl (C=O) groups excluding carboxylic acids is 3. The van der Waals surface area contributed by atoms with Crippen LogP contribution in [0.3, 0.4) is 0 Å². The maximum atomic E-state index is 11.1. The summed E-state index contributed by atoms with van der Waals surface area (Å²) in [6.45, 7) is 2.06. The van der Waals surface area contributed by atoms with E-state index in [9.17, 15) is 14.4 Å². The largest absolute Gasteiger partial charge is 0.344 e. The molecule has 0 saturated heterocycles. The van der Waals surface area contributed by atoms with Crippen molar-refractivity contribution >= 4 is 17.7 Å². The summed E-state index contributed by atoms with van der Waals surface area (Å²) >= 11 is 0. The lowest BCUT2D eigenvalue weighted by molar-refractivity contribution is -0.138. The van der Waals surface area contributed by atoms with Gasteiger partial charge in [0, 0.05) is 39.2 Å². The first kappa shape index (κ1) is 10.4. The van der Waals surface area contributed by atoms with Gasteiger partial charge in [-0.25, -0.2) is 0 Å². The Kier molecular flexibility index (Phi) is 3.01. The van der Waals surface area contributed by atoms with E-state index in [2.05, 4.69) is 0 Å². The van der Waals surface area contributed by atoms with Gasteiger partial charge in [0.25, 0.3) is 11.8 Å². The Morgan fingerprint density at radius 3 is 2.29 bits per heavy atom. The standard InChI is InChI=1S/C9H12N2O3/c1-7(12)10(2)5-6-11-8(13)3-4-9(11)14/h3-4H,5-6H2,1-2H3. The van der Waals surface area contributed by atoms with Crippen molar-refractivity contribution in [2.24, 2.45) is 0 Å². The molecule has 0 aromatic carbocycles. The molecule has 0 N–H and O–H groups in total. The average Bonchev–Trinajstić information content (AvgIpc) is 2.43. The lowest BCUT2D eigenvalue weighted by atomic mass is 10.4. The van der Waals surface area contributed by atoms with Crippen LogP contribution in [-0.4, -0.2) is 47.7 Å². The van der Waals surface area contributed by atoms with Crippen LogP contribution in [0.2, 0.25) is 0 Å². The Bertz CT molecular complexity index is 291. The molecule has 5 heteroatoms. The minimum absolute atomic E-state index is 0.0861. The van der Waals surface area contributed by atoms with Crippen LogP contribution < -0.4 is 0 Å². The minimum Gasteiger partial charge on any atom is -0.344 e. The van der Waals surface area contributed by atoms with Crippen molar-refractivity contribution in [2.45, 2.75) is 6.92 Å². The third-order valence-electron chi connectivity index (χ3n) is 2.10. The van der Waals surface area contributed by atoms with E-state index in [0.29, 0.717) is 6.54 Å². The minimum atomic E-state index is -0.313. The highest BCUT2D eigenvalue weighted by molar-refractivity contribution is 6.12. The number of hydrogen-bond donors (Lipinski definition) is 0. The Morgan fingerprint density at radius 2 is 1.86 bits per heavy atom. The van der Waals surface area contributed by atoms with Crippen LogP contribution in [0.1, 0.15) is 6.92 Å². The SMILES string of the molecule is CC(=O)N(C)CCN1C(=O)C=CC1=O. The normalized spacial score (nSPS) is 15.1. The molecule has 0 unspecified atom stereocenters. The topological polar surface area (TPSA) is 57.7 Å². The molecule has 14 heavy (non-hydrogen) atoms. The molecular formula is C9H12N2O3. The second-order valence-electron chi connectivity index (χ2n) is 3.10. The van der Waals surface area contributed by atoms with E-state index in [1.54, 1.807) is 7.05 Å². The molecule has 0 atom stereocenters. The fourth-order valence-electron chi connectivity index (χ4n) is 1.06. The number of hydrogen-bond acceptors (Lipinski definition) is 3. The second-order valence-corrected chi connectivity index (χ2v) is 3.10. The van der Waals surface area contributed by atoms with Gasteiger partial charge in [0.15, 0.2) is 0 Å². The molecule has 0 bridgehead atoms. The maximum absolute atomic E-state index is 11.1. The van der Waals surface area contributed by atoms with E-state index in [4.69, 9.17) is 0 Å². The van der Waals surface area contributed by atoms with Gasteiger partial charge < -0.3 is 4.90 Å². The molecule has 5 nitrogen and oxygen atoms in total. The highest BCUT2D eigenvalue weighted by Crippen LogP contribution is 2.02. The molecule has 0 aromatic heterocycles. The molecule has 0 radical (unpaired) electrons. The summed E-state index contributed by atoms with van der Waals surface area (Å²) in [5, 5.41) is 0. The Morgan fingerprint density at radius 1 is 1.36 bits per heavy atom. The van der Waals surface area contributed by atoms with Crippen LogP contribution in [0.4, 0.5) is 0 Å². The maximum Gasteiger partial charge on any atom is 0.253 e. The summed E-state index contributed by atoms with van der Waals surface area (Å²) in [7, 11) is 1.63. The Hall–Kier alpha value is -1.65. The van der Waals surface area contributed by atoms with Gasteiger partial charge in [0.05, 0.1) is 0 Å². The molecule has 1 rings (SSSR count).